The molecule has 3 fully saturated rings. The van der Waals surface area contributed by atoms with Gasteiger partial charge in [-0.1, -0.05) is 12.5 Å². The van der Waals surface area contributed by atoms with Crippen LogP contribution >= 0.6 is 0 Å². The lowest BCUT2D eigenvalue weighted by atomic mass is 9.40. The van der Waals surface area contributed by atoms with Crippen LogP contribution in [0.2, 0.25) is 0 Å². The maximum atomic E-state index is 13.1. The molecule has 7 atom stereocenters. The van der Waals surface area contributed by atoms with Crippen LogP contribution in [0.3, 0.4) is 0 Å². The van der Waals surface area contributed by atoms with Gasteiger partial charge in [-0.25, -0.2) is 4.79 Å². The lowest BCUT2D eigenvalue weighted by Gasteiger charge is -2.70. The van der Waals surface area contributed by atoms with Crippen molar-refractivity contribution in [3.05, 3.63) is 22.3 Å². The average Bonchev–Trinajstić information content (AvgIpc) is 3.42. The van der Waals surface area contributed by atoms with E-state index < -0.39 is 28.6 Å². The van der Waals surface area contributed by atoms with Gasteiger partial charge in [0.15, 0.2) is 0 Å². The van der Waals surface area contributed by atoms with Crippen LogP contribution in [0.1, 0.15) is 59.3 Å². The average molecular weight is 486 g/mol. The molecule has 6 aliphatic rings. The van der Waals surface area contributed by atoms with Gasteiger partial charge >= 0.3 is 17.9 Å². The Morgan fingerprint density at radius 2 is 1.89 bits per heavy atom. The largest absolute Gasteiger partial charge is 0.466 e. The number of allylic oxidation sites excluding steroid dienone is 2. The highest BCUT2D eigenvalue weighted by Gasteiger charge is 2.83. The highest BCUT2D eigenvalue weighted by Crippen LogP contribution is 2.78. The van der Waals surface area contributed by atoms with Crippen molar-refractivity contribution in [2.24, 2.45) is 28.6 Å². The van der Waals surface area contributed by atoms with Gasteiger partial charge in [-0.15, -0.1) is 0 Å². The number of hydrogen-bond acceptors (Lipinski definition) is 8. The van der Waals surface area contributed by atoms with Crippen LogP contribution in [0.25, 0.3) is 0 Å². The summed E-state index contributed by atoms with van der Waals surface area (Å²) in [4.78, 5) is 40.0. The van der Waals surface area contributed by atoms with Gasteiger partial charge < -0.3 is 19.3 Å². The van der Waals surface area contributed by atoms with E-state index in [1.54, 1.807) is 0 Å². The van der Waals surface area contributed by atoms with E-state index in [9.17, 15) is 19.5 Å². The molecule has 190 valence electrons. The zero-order chi connectivity index (χ0) is 24.9. The predicted molar refractivity (Wildman–Crippen MR) is 123 cm³/mol. The fraction of sp³-hybridized carbons (Fsp3) is 0.741. The molecule has 2 heterocycles. The lowest BCUT2D eigenvalue weighted by molar-refractivity contribution is -0.332. The van der Waals surface area contributed by atoms with E-state index in [2.05, 4.69) is 11.8 Å². The number of piperidine rings is 1. The first-order valence-electron chi connectivity index (χ1n) is 12.9. The molecular formula is C27H35NO7. The first-order valence-corrected chi connectivity index (χ1v) is 12.9. The van der Waals surface area contributed by atoms with Gasteiger partial charge in [0.2, 0.25) is 0 Å². The number of rotatable bonds is 4. The Kier molecular flexibility index (Phi) is 4.92. The Hall–Kier alpha value is -2.19. The normalized spacial score (nSPS) is 43.1. The van der Waals surface area contributed by atoms with E-state index in [0.717, 1.165) is 43.4 Å². The SMILES string of the molecule is COC(=O)C1=C2CCC3=C2[C@]2(C1)[C@]1(COC(C)=O)[C@H](CC3)CN3C[C@@H](C)[C@@H](C[C@@H]1OC(C)=O)[C@]32O. The Balaban J connectivity index is 1.68. The van der Waals surface area contributed by atoms with Gasteiger partial charge in [0.05, 0.1) is 17.9 Å². The second kappa shape index (κ2) is 7.42. The van der Waals surface area contributed by atoms with Gasteiger partial charge in [-0.3, -0.25) is 14.5 Å². The Labute approximate surface area is 205 Å². The predicted octanol–water partition coefficient (Wildman–Crippen LogP) is 2.50. The summed E-state index contributed by atoms with van der Waals surface area (Å²) in [5.41, 5.74) is 1.03. The van der Waals surface area contributed by atoms with Gasteiger partial charge in [-0.05, 0) is 61.5 Å². The summed E-state index contributed by atoms with van der Waals surface area (Å²) in [6, 6.07) is 0. The van der Waals surface area contributed by atoms with Crippen molar-refractivity contribution in [1.82, 2.24) is 4.90 Å². The Morgan fingerprint density at radius 3 is 2.57 bits per heavy atom. The fourth-order valence-electron chi connectivity index (χ4n) is 9.49. The standard InChI is InChI=1S/C27H35NO7/c1-14-11-28-12-18-7-5-17-6-8-19-20(24(31)33-4)10-26(23(17)19)25(18,13-34-15(2)29)22(35-16(3)30)9-21(14)27(26,28)32/h14,18,21-22,32H,5-13H2,1-4H3/t14-,18-,21-,22+,25-,26-,27-/m1/s1. The van der Waals surface area contributed by atoms with E-state index in [0.29, 0.717) is 25.0 Å². The zero-order valence-corrected chi connectivity index (χ0v) is 21.0. The zero-order valence-electron chi connectivity index (χ0n) is 21.0. The first kappa shape index (κ1) is 23.2. The summed E-state index contributed by atoms with van der Waals surface area (Å²) in [5, 5.41) is 13.0. The van der Waals surface area contributed by atoms with E-state index in [-0.39, 0.29) is 36.3 Å². The molecule has 35 heavy (non-hydrogen) atoms. The molecule has 1 spiro atoms. The van der Waals surface area contributed by atoms with Crippen molar-refractivity contribution in [1.29, 1.82) is 0 Å². The number of carbonyl (C=O) groups excluding carboxylic acids is 3. The molecule has 4 bridgehead atoms. The molecule has 0 unspecified atom stereocenters. The molecular weight excluding hydrogens is 450 g/mol. The maximum absolute atomic E-state index is 13.1. The molecule has 0 amide bonds. The van der Waals surface area contributed by atoms with E-state index in [4.69, 9.17) is 14.2 Å². The number of hydrogen-bond donors (Lipinski definition) is 1. The molecule has 0 radical (unpaired) electrons. The fourth-order valence-corrected chi connectivity index (χ4v) is 9.49. The molecule has 6 rings (SSSR count). The minimum absolute atomic E-state index is 0.0292. The number of carbonyl (C=O) groups is 3. The van der Waals surface area contributed by atoms with Crippen LogP contribution in [0.4, 0.5) is 0 Å². The number of nitrogens with zero attached hydrogens (tertiary/aromatic N) is 1. The van der Waals surface area contributed by atoms with Crippen molar-refractivity contribution < 1.29 is 33.7 Å². The van der Waals surface area contributed by atoms with E-state index in [1.807, 2.05) is 0 Å². The van der Waals surface area contributed by atoms with Crippen molar-refractivity contribution >= 4 is 17.9 Å². The summed E-state index contributed by atoms with van der Waals surface area (Å²) >= 11 is 0. The lowest BCUT2D eigenvalue weighted by Crippen LogP contribution is -2.79. The third-order valence-corrected chi connectivity index (χ3v) is 10.4. The molecule has 8 nitrogen and oxygen atoms in total. The molecule has 0 aromatic heterocycles. The van der Waals surface area contributed by atoms with Gasteiger partial charge in [-0.2, -0.15) is 0 Å². The summed E-state index contributed by atoms with van der Waals surface area (Å²) in [6.07, 6.45) is 3.66. The van der Waals surface area contributed by atoms with Gasteiger partial charge in [0, 0.05) is 38.4 Å². The second-order valence-electron chi connectivity index (χ2n) is 11.6. The maximum Gasteiger partial charge on any atom is 0.334 e. The molecule has 2 aliphatic heterocycles. The molecule has 2 saturated heterocycles. The third-order valence-electron chi connectivity index (χ3n) is 10.4. The van der Waals surface area contributed by atoms with Crippen molar-refractivity contribution in [2.45, 2.75) is 71.1 Å². The number of ether oxygens (including phenoxy) is 3. The quantitative estimate of drug-likeness (QED) is 0.479. The number of methoxy groups -OCH3 is 1. The van der Waals surface area contributed by atoms with Crippen LogP contribution in [0.15, 0.2) is 22.3 Å². The van der Waals surface area contributed by atoms with Crippen molar-refractivity contribution in [2.75, 3.05) is 26.8 Å². The Bertz CT molecular complexity index is 1090. The molecule has 0 aromatic carbocycles. The van der Waals surface area contributed by atoms with Crippen LogP contribution in [-0.2, 0) is 28.6 Å². The third kappa shape index (κ3) is 2.57. The minimum Gasteiger partial charge on any atom is -0.466 e. The van der Waals surface area contributed by atoms with Gasteiger partial charge in [0.25, 0.3) is 0 Å². The van der Waals surface area contributed by atoms with Crippen LogP contribution in [0, 0.1) is 28.6 Å². The van der Waals surface area contributed by atoms with Crippen molar-refractivity contribution in [3.63, 3.8) is 0 Å². The van der Waals surface area contributed by atoms with Crippen molar-refractivity contribution in [3.8, 4) is 0 Å². The molecule has 4 aliphatic carbocycles. The summed E-state index contributed by atoms with van der Waals surface area (Å²) in [6.45, 7) is 6.44. The smallest absolute Gasteiger partial charge is 0.334 e. The monoisotopic (exact) mass is 485 g/mol. The van der Waals surface area contributed by atoms with Crippen LogP contribution < -0.4 is 0 Å². The van der Waals surface area contributed by atoms with Crippen LogP contribution in [0.5, 0.6) is 0 Å². The molecule has 0 aromatic rings. The van der Waals surface area contributed by atoms with Crippen LogP contribution in [-0.4, -0.2) is 66.5 Å². The first-order chi connectivity index (χ1) is 16.6. The molecule has 1 N–H and O–H groups in total. The summed E-state index contributed by atoms with van der Waals surface area (Å²) < 4.78 is 17.2. The van der Waals surface area contributed by atoms with Gasteiger partial charge in [0.1, 0.15) is 18.4 Å². The molecule has 1 saturated carbocycles. The minimum atomic E-state index is -1.23. The van der Waals surface area contributed by atoms with E-state index in [1.165, 1.54) is 26.5 Å². The highest BCUT2D eigenvalue weighted by molar-refractivity contribution is 5.93. The Morgan fingerprint density at radius 1 is 1.11 bits per heavy atom. The van der Waals surface area contributed by atoms with E-state index >= 15 is 0 Å². The second-order valence-corrected chi connectivity index (χ2v) is 11.6. The number of aliphatic hydroxyl groups is 1. The highest BCUT2D eigenvalue weighted by atomic mass is 16.6. The topological polar surface area (TPSA) is 102 Å². The number of esters is 3. The summed E-state index contributed by atoms with van der Waals surface area (Å²) in [7, 11) is 1.40. The molecule has 8 heteroatoms. The summed E-state index contributed by atoms with van der Waals surface area (Å²) in [5.74, 6) is -1.04.